The predicted molar refractivity (Wildman–Crippen MR) is 93.2 cm³/mol. The van der Waals surface area contributed by atoms with Crippen molar-refractivity contribution in [1.82, 2.24) is 4.90 Å². The van der Waals surface area contributed by atoms with Crippen LogP contribution in [0.3, 0.4) is 0 Å². The topological polar surface area (TPSA) is 20.3 Å². The van der Waals surface area contributed by atoms with E-state index in [2.05, 4.69) is 19.1 Å². The second-order valence-corrected chi connectivity index (χ2v) is 7.33. The lowest BCUT2D eigenvalue weighted by Crippen LogP contribution is -2.33. The molecule has 1 fully saturated rings. The number of carbonyl (C=O) groups is 1. The summed E-state index contributed by atoms with van der Waals surface area (Å²) in [4.78, 5) is 14.0. The number of aryl methyl sites for hydroxylation is 1. The quantitative estimate of drug-likeness (QED) is 0.717. The van der Waals surface area contributed by atoms with Gasteiger partial charge in [-0.15, -0.1) is 0 Å². The average Bonchev–Trinajstić information content (AvgIpc) is 2.86. The van der Waals surface area contributed by atoms with Crippen LogP contribution in [0.1, 0.15) is 33.2 Å². The molecule has 0 saturated carbocycles. The fraction of sp³-hybridized carbons (Fsp3) is 0.316. The third-order valence-corrected chi connectivity index (χ3v) is 5.74. The zero-order chi connectivity index (χ0) is 18.0. The van der Waals surface area contributed by atoms with Crippen LogP contribution >= 0.6 is 11.8 Å². The summed E-state index contributed by atoms with van der Waals surface area (Å²) in [6.07, 6.45) is 0.729. The molecule has 2 aromatic rings. The number of amides is 1. The van der Waals surface area contributed by atoms with Crippen LogP contribution in [-0.4, -0.2) is 29.6 Å². The lowest BCUT2D eigenvalue weighted by molar-refractivity contribution is 0.0760. The van der Waals surface area contributed by atoms with Gasteiger partial charge < -0.3 is 4.90 Å². The molecule has 2 aromatic carbocycles. The highest BCUT2D eigenvalue weighted by molar-refractivity contribution is 7.99. The first-order valence-corrected chi connectivity index (χ1v) is 9.14. The van der Waals surface area contributed by atoms with Gasteiger partial charge >= 0.3 is 0 Å². The smallest absolute Gasteiger partial charge is 0.256 e. The maximum absolute atomic E-state index is 13.9. The van der Waals surface area contributed by atoms with E-state index in [1.54, 1.807) is 11.8 Å². The zero-order valence-electron chi connectivity index (χ0n) is 13.8. The van der Waals surface area contributed by atoms with Crippen LogP contribution < -0.4 is 0 Å². The summed E-state index contributed by atoms with van der Waals surface area (Å²) < 4.78 is 40.4. The van der Waals surface area contributed by atoms with Crippen molar-refractivity contribution >= 4 is 17.7 Å². The van der Waals surface area contributed by atoms with Crippen LogP contribution in [0, 0.1) is 24.4 Å². The maximum Gasteiger partial charge on any atom is 0.256 e. The van der Waals surface area contributed by atoms with Gasteiger partial charge in [0.1, 0.15) is 0 Å². The van der Waals surface area contributed by atoms with Crippen LogP contribution in [0.25, 0.3) is 0 Å². The van der Waals surface area contributed by atoms with E-state index in [1.165, 1.54) is 16.0 Å². The van der Waals surface area contributed by atoms with E-state index in [1.807, 2.05) is 12.1 Å². The number of hydrogen-bond donors (Lipinski definition) is 0. The zero-order valence-corrected chi connectivity index (χ0v) is 14.6. The van der Waals surface area contributed by atoms with Crippen LogP contribution in [0.5, 0.6) is 0 Å². The van der Waals surface area contributed by atoms with E-state index >= 15 is 0 Å². The third kappa shape index (κ3) is 3.68. The Hall–Kier alpha value is -1.95. The Labute approximate surface area is 149 Å². The second kappa shape index (κ2) is 7.52. The monoisotopic (exact) mass is 365 g/mol. The Morgan fingerprint density at radius 2 is 1.84 bits per heavy atom. The number of hydrogen-bond acceptors (Lipinski definition) is 2. The molecular formula is C19H18F3NOS. The number of halogens is 3. The van der Waals surface area contributed by atoms with Crippen molar-refractivity contribution in [2.45, 2.75) is 18.6 Å². The summed E-state index contributed by atoms with van der Waals surface area (Å²) in [6.45, 7) is 2.95. The molecule has 3 rings (SSSR count). The van der Waals surface area contributed by atoms with E-state index in [9.17, 15) is 18.0 Å². The normalized spacial score (nSPS) is 18.1. The minimum atomic E-state index is -1.60. The van der Waals surface area contributed by atoms with Crippen molar-refractivity contribution in [2.75, 3.05) is 18.8 Å². The van der Waals surface area contributed by atoms with E-state index in [-0.39, 0.29) is 5.25 Å². The molecule has 6 heteroatoms. The van der Waals surface area contributed by atoms with Crippen molar-refractivity contribution < 1.29 is 18.0 Å². The highest BCUT2D eigenvalue weighted by Crippen LogP contribution is 2.36. The van der Waals surface area contributed by atoms with Crippen molar-refractivity contribution in [3.8, 4) is 0 Å². The number of nitrogens with zero attached hydrogens (tertiary/aromatic N) is 1. The van der Waals surface area contributed by atoms with Crippen LogP contribution in [0.4, 0.5) is 13.2 Å². The van der Waals surface area contributed by atoms with Gasteiger partial charge in [0.05, 0.1) is 5.56 Å². The standard InChI is InChI=1S/C19H18F3NOS/c1-12-4-2-3-5-13(12)16-8-9-23(10-11-25-16)19(24)14-6-7-15(20)18(22)17(14)21/h2-7,16H,8-11H2,1H3/t16-/m1/s1. The van der Waals surface area contributed by atoms with E-state index < -0.39 is 28.9 Å². The summed E-state index contributed by atoms with van der Waals surface area (Å²) in [5.74, 6) is -4.21. The molecule has 0 radical (unpaired) electrons. The minimum Gasteiger partial charge on any atom is -0.338 e. The van der Waals surface area contributed by atoms with Gasteiger partial charge in [-0.3, -0.25) is 4.79 Å². The lowest BCUT2D eigenvalue weighted by Gasteiger charge is -2.21. The van der Waals surface area contributed by atoms with Gasteiger partial charge in [-0.1, -0.05) is 24.3 Å². The van der Waals surface area contributed by atoms with Gasteiger partial charge in [0.2, 0.25) is 0 Å². The Morgan fingerprint density at radius 1 is 1.08 bits per heavy atom. The van der Waals surface area contributed by atoms with Crippen LogP contribution in [0.15, 0.2) is 36.4 Å². The Kier molecular flexibility index (Phi) is 5.37. The molecule has 1 aliphatic heterocycles. The molecular weight excluding hydrogens is 347 g/mol. The summed E-state index contributed by atoms with van der Waals surface area (Å²) in [5.41, 5.74) is 2.02. The Morgan fingerprint density at radius 3 is 2.60 bits per heavy atom. The van der Waals surface area contributed by atoms with E-state index in [4.69, 9.17) is 0 Å². The van der Waals surface area contributed by atoms with Gasteiger partial charge in [-0.25, -0.2) is 13.2 Å². The summed E-state index contributed by atoms with van der Waals surface area (Å²) in [5, 5.41) is 0.258. The first kappa shape index (κ1) is 17.9. The molecule has 1 amide bonds. The van der Waals surface area contributed by atoms with Crippen molar-refractivity contribution in [2.24, 2.45) is 0 Å². The first-order valence-electron chi connectivity index (χ1n) is 8.09. The molecule has 1 aliphatic rings. The molecule has 25 heavy (non-hydrogen) atoms. The minimum absolute atomic E-state index is 0.258. The van der Waals surface area contributed by atoms with Gasteiger partial charge in [0.15, 0.2) is 17.5 Å². The SMILES string of the molecule is Cc1ccccc1[C@H]1CCN(C(=O)c2ccc(F)c(F)c2F)CCS1. The summed E-state index contributed by atoms with van der Waals surface area (Å²) >= 11 is 1.76. The molecule has 1 heterocycles. The van der Waals surface area contributed by atoms with Crippen LogP contribution in [-0.2, 0) is 0 Å². The summed E-state index contributed by atoms with van der Waals surface area (Å²) in [6, 6.07) is 9.91. The largest absolute Gasteiger partial charge is 0.338 e. The lowest BCUT2D eigenvalue weighted by atomic mass is 10.0. The molecule has 0 N–H and O–H groups in total. The molecule has 0 spiro atoms. The van der Waals surface area contributed by atoms with Gasteiger partial charge in [0.25, 0.3) is 5.91 Å². The molecule has 1 atom stereocenters. The fourth-order valence-electron chi connectivity index (χ4n) is 3.03. The molecule has 0 aromatic heterocycles. The molecule has 2 nitrogen and oxygen atoms in total. The van der Waals surface area contributed by atoms with E-state index in [0.29, 0.717) is 18.8 Å². The van der Waals surface area contributed by atoms with Gasteiger partial charge in [-0.05, 0) is 36.6 Å². The van der Waals surface area contributed by atoms with Crippen molar-refractivity contribution in [3.63, 3.8) is 0 Å². The predicted octanol–water partition coefficient (Wildman–Crippen LogP) is 4.73. The fourth-order valence-corrected chi connectivity index (χ4v) is 4.36. The van der Waals surface area contributed by atoms with E-state index in [0.717, 1.165) is 18.6 Å². The molecule has 132 valence electrons. The number of benzene rings is 2. The molecule has 0 unspecified atom stereocenters. The Balaban J connectivity index is 1.76. The number of carbonyl (C=O) groups excluding carboxylic acids is 1. The van der Waals surface area contributed by atoms with Gasteiger partial charge in [-0.2, -0.15) is 11.8 Å². The van der Waals surface area contributed by atoms with Crippen molar-refractivity contribution in [1.29, 1.82) is 0 Å². The highest BCUT2D eigenvalue weighted by atomic mass is 32.2. The second-order valence-electron chi connectivity index (χ2n) is 6.02. The van der Waals surface area contributed by atoms with Gasteiger partial charge in [0, 0.05) is 24.1 Å². The number of rotatable bonds is 2. The Bertz CT molecular complexity index is 796. The molecule has 0 bridgehead atoms. The molecule has 0 aliphatic carbocycles. The average molecular weight is 365 g/mol. The maximum atomic E-state index is 13.9. The first-order chi connectivity index (χ1) is 12.0. The third-order valence-electron chi connectivity index (χ3n) is 4.43. The molecule has 1 saturated heterocycles. The van der Waals surface area contributed by atoms with Crippen LogP contribution in [0.2, 0.25) is 0 Å². The van der Waals surface area contributed by atoms with Crippen molar-refractivity contribution in [3.05, 3.63) is 70.5 Å². The number of thioether (sulfide) groups is 1. The highest BCUT2D eigenvalue weighted by Gasteiger charge is 2.26. The summed E-state index contributed by atoms with van der Waals surface area (Å²) in [7, 11) is 0.